The molecule has 1 N–H and O–H groups in total. The molecular formula is C28H30BrCl2N3O4S. The number of carbonyl (C=O) groups excluding carboxylic acids is 2. The first kappa shape index (κ1) is 30.9. The number of sulfonamides is 1. The lowest BCUT2D eigenvalue weighted by molar-refractivity contribution is -0.139. The molecule has 0 aromatic heterocycles. The van der Waals surface area contributed by atoms with Crippen molar-refractivity contribution in [3.05, 3.63) is 92.9 Å². The van der Waals surface area contributed by atoms with Gasteiger partial charge in [0.2, 0.25) is 11.8 Å². The fraction of sp³-hybridized carbons (Fsp3) is 0.286. The molecule has 208 valence electrons. The van der Waals surface area contributed by atoms with E-state index in [0.29, 0.717) is 32.2 Å². The second-order valence-corrected chi connectivity index (χ2v) is 12.7. The fourth-order valence-corrected chi connectivity index (χ4v) is 6.04. The summed E-state index contributed by atoms with van der Waals surface area (Å²) in [5, 5.41) is 3.66. The van der Waals surface area contributed by atoms with Crippen molar-refractivity contribution >= 4 is 66.7 Å². The number of rotatable bonds is 11. The van der Waals surface area contributed by atoms with E-state index in [0.717, 1.165) is 4.31 Å². The number of hydrogen-bond donors (Lipinski definition) is 1. The van der Waals surface area contributed by atoms with Crippen molar-refractivity contribution in [2.45, 2.75) is 50.7 Å². The topological polar surface area (TPSA) is 86.8 Å². The maximum absolute atomic E-state index is 13.9. The van der Waals surface area contributed by atoms with E-state index in [1.807, 2.05) is 13.8 Å². The molecule has 0 aliphatic carbocycles. The highest BCUT2D eigenvalue weighted by atomic mass is 79.9. The smallest absolute Gasteiger partial charge is 0.264 e. The number of anilines is 1. The van der Waals surface area contributed by atoms with Crippen LogP contribution in [-0.4, -0.2) is 43.8 Å². The van der Waals surface area contributed by atoms with Crippen molar-refractivity contribution in [1.29, 1.82) is 0 Å². The van der Waals surface area contributed by atoms with Crippen LogP contribution < -0.4 is 9.62 Å². The van der Waals surface area contributed by atoms with Gasteiger partial charge in [-0.05, 0) is 68.3 Å². The van der Waals surface area contributed by atoms with Gasteiger partial charge in [-0.2, -0.15) is 0 Å². The number of amides is 2. The number of halogens is 3. The largest absolute Gasteiger partial charge is 0.352 e. The maximum atomic E-state index is 13.9. The third kappa shape index (κ3) is 7.97. The fourth-order valence-electron chi connectivity index (χ4n) is 3.76. The van der Waals surface area contributed by atoms with Crippen molar-refractivity contribution in [1.82, 2.24) is 10.2 Å². The van der Waals surface area contributed by atoms with Gasteiger partial charge in [0, 0.05) is 27.1 Å². The molecule has 39 heavy (non-hydrogen) atoms. The molecule has 7 nitrogen and oxygen atoms in total. The Morgan fingerprint density at radius 2 is 1.67 bits per heavy atom. The minimum atomic E-state index is -4.13. The quantitative estimate of drug-likeness (QED) is 0.264. The summed E-state index contributed by atoms with van der Waals surface area (Å²) in [4.78, 5) is 28.4. The SMILES string of the molecule is CC[C@H](C)NC(=O)[C@H](C)N(Cc1ccc(Cl)cc1Cl)C(=O)CN(c1cccc(Br)c1)S(=O)(=O)c1ccccc1. The van der Waals surface area contributed by atoms with E-state index in [1.54, 1.807) is 67.6 Å². The Kier molecular flexibility index (Phi) is 10.8. The highest BCUT2D eigenvalue weighted by Crippen LogP contribution is 2.28. The van der Waals surface area contributed by atoms with E-state index in [9.17, 15) is 18.0 Å². The Morgan fingerprint density at radius 1 is 0.974 bits per heavy atom. The molecule has 11 heteroatoms. The molecule has 0 aliphatic rings. The molecule has 3 rings (SSSR count). The normalized spacial score (nSPS) is 12.9. The first-order valence-electron chi connectivity index (χ1n) is 12.3. The van der Waals surface area contributed by atoms with E-state index < -0.39 is 28.5 Å². The third-order valence-corrected chi connectivity index (χ3v) is 9.10. The molecule has 3 aromatic rings. The van der Waals surface area contributed by atoms with Crippen LogP contribution >= 0.6 is 39.1 Å². The molecule has 0 fully saturated rings. The minimum Gasteiger partial charge on any atom is -0.352 e. The van der Waals surface area contributed by atoms with Crippen molar-refractivity contribution in [3.8, 4) is 0 Å². The number of benzene rings is 3. The lowest BCUT2D eigenvalue weighted by atomic mass is 10.1. The summed E-state index contributed by atoms with van der Waals surface area (Å²) < 4.78 is 29.2. The Hall–Kier alpha value is -2.59. The van der Waals surface area contributed by atoms with Gasteiger partial charge in [0.1, 0.15) is 12.6 Å². The average molecular weight is 655 g/mol. The van der Waals surface area contributed by atoms with E-state index in [2.05, 4.69) is 21.2 Å². The molecule has 2 atom stereocenters. The zero-order valence-electron chi connectivity index (χ0n) is 21.8. The van der Waals surface area contributed by atoms with Gasteiger partial charge in [0.15, 0.2) is 0 Å². The highest BCUT2D eigenvalue weighted by Gasteiger charge is 2.33. The third-order valence-electron chi connectivity index (χ3n) is 6.23. The molecule has 0 saturated carbocycles. The number of nitrogens with one attached hydrogen (secondary N) is 1. The second-order valence-electron chi connectivity index (χ2n) is 9.06. The summed E-state index contributed by atoms with van der Waals surface area (Å²) >= 11 is 15.8. The molecule has 0 radical (unpaired) electrons. The molecule has 0 unspecified atom stereocenters. The van der Waals surface area contributed by atoms with E-state index in [4.69, 9.17) is 23.2 Å². The van der Waals surface area contributed by atoms with Crippen molar-refractivity contribution in [2.75, 3.05) is 10.8 Å². The Labute approximate surface area is 248 Å². The lowest BCUT2D eigenvalue weighted by Gasteiger charge is -2.32. The van der Waals surface area contributed by atoms with Crippen molar-refractivity contribution < 1.29 is 18.0 Å². The molecule has 0 bridgehead atoms. The van der Waals surface area contributed by atoms with E-state index in [1.165, 1.54) is 17.0 Å². The predicted octanol–water partition coefficient (Wildman–Crippen LogP) is 6.28. The van der Waals surface area contributed by atoms with Gasteiger partial charge in [-0.1, -0.05) is 76.4 Å². The molecule has 0 saturated heterocycles. The lowest BCUT2D eigenvalue weighted by Crippen LogP contribution is -2.52. The van der Waals surface area contributed by atoms with Crippen molar-refractivity contribution in [2.24, 2.45) is 0 Å². The maximum Gasteiger partial charge on any atom is 0.264 e. The van der Waals surface area contributed by atoms with Crippen LogP contribution in [0.2, 0.25) is 10.0 Å². The predicted molar refractivity (Wildman–Crippen MR) is 159 cm³/mol. The summed E-state index contributed by atoms with van der Waals surface area (Å²) in [5.74, 6) is -0.935. The van der Waals surface area contributed by atoms with Crippen LogP contribution in [0.15, 0.2) is 82.2 Å². The summed E-state index contributed by atoms with van der Waals surface area (Å²) in [6, 6.07) is 18.4. The second kappa shape index (κ2) is 13.7. The molecule has 0 heterocycles. The van der Waals surface area contributed by atoms with Gasteiger partial charge in [-0.3, -0.25) is 13.9 Å². The summed E-state index contributed by atoms with van der Waals surface area (Å²) in [7, 11) is -4.13. The van der Waals surface area contributed by atoms with Gasteiger partial charge in [0.05, 0.1) is 10.6 Å². The summed E-state index contributed by atoms with van der Waals surface area (Å²) in [5.41, 5.74) is 0.861. The van der Waals surface area contributed by atoms with E-state index >= 15 is 0 Å². The number of carbonyl (C=O) groups is 2. The monoisotopic (exact) mass is 653 g/mol. The standard InChI is InChI=1S/C28H30BrCl2N3O4S/c1-4-19(2)32-28(36)20(3)33(17-21-13-14-23(30)16-26(21)31)27(35)18-34(24-10-8-9-22(29)15-24)39(37,38)25-11-6-5-7-12-25/h5-16,19-20H,4,17-18H2,1-3H3,(H,32,36)/t19-,20-/m0/s1. The van der Waals surface area contributed by atoms with Gasteiger partial charge in [-0.25, -0.2) is 8.42 Å². The molecular weight excluding hydrogens is 625 g/mol. The minimum absolute atomic E-state index is 0.0262. The van der Waals surface area contributed by atoms with Crippen LogP contribution in [0.25, 0.3) is 0 Å². The molecule has 2 amide bonds. The zero-order valence-corrected chi connectivity index (χ0v) is 25.7. The van der Waals surface area contributed by atoms with Crippen LogP contribution in [0.1, 0.15) is 32.8 Å². The Balaban J connectivity index is 2.04. The summed E-state index contributed by atoms with van der Waals surface area (Å²) in [6.07, 6.45) is 0.710. The zero-order chi connectivity index (χ0) is 28.7. The molecule has 0 spiro atoms. The van der Waals surface area contributed by atoms with Crippen LogP contribution in [0.5, 0.6) is 0 Å². The van der Waals surface area contributed by atoms with Gasteiger partial charge in [0.25, 0.3) is 10.0 Å². The summed E-state index contributed by atoms with van der Waals surface area (Å²) in [6.45, 7) is 4.85. The van der Waals surface area contributed by atoms with Gasteiger partial charge < -0.3 is 10.2 Å². The van der Waals surface area contributed by atoms with Crippen molar-refractivity contribution in [3.63, 3.8) is 0 Å². The average Bonchev–Trinajstić information content (AvgIpc) is 2.91. The first-order chi connectivity index (χ1) is 18.4. The van der Waals surface area contributed by atoms with Crippen LogP contribution in [-0.2, 0) is 26.2 Å². The number of hydrogen-bond acceptors (Lipinski definition) is 4. The van der Waals surface area contributed by atoms with E-state index in [-0.39, 0.29) is 23.4 Å². The van der Waals surface area contributed by atoms with Crippen LogP contribution in [0.3, 0.4) is 0 Å². The highest BCUT2D eigenvalue weighted by molar-refractivity contribution is 9.10. The van der Waals surface area contributed by atoms with Crippen LogP contribution in [0, 0.1) is 0 Å². The van der Waals surface area contributed by atoms with Gasteiger partial charge in [-0.15, -0.1) is 0 Å². The van der Waals surface area contributed by atoms with Gasteiger partial charge >= 0.3 is 0 Å². The Morgan fingerprint density at radius 3 is 2.28 bits per heavy atom. The molecule has 3 aromatic carbocycles. The number of nitrogens with zero attached hydrogens (tertiary/aromatic N) is 2. The molecule has 0 aliphatic heterocycles. The Bertz CT molecular complexity index is 1420. The van der Waals surface area contributed by atoms with Crippen LogP contribution in [0.4, 0.5) is 5.69 Å². The first-order valence-corrected chi connectivity index (χ1v) is 15.3.